The molecule has 0 aromatic carbocycles. The van der Waals surface area contributed by atoms with Crippen molar-refractivity contribution >= 4 is 5.97 Å². The second-order valence-corrected chi connectivity index (χ2v) is 3.28. The summed E-state index contributed by atoms with van der Waals surface area (Å²) < 4.78 is 4.48. The lowest BCUT2D eigenvalue weighted by Crippen LogP contribution is -2.04. The first kappa shape index (κ1) is 11.7. The first-order chi connectivity index (χ1) is 6.02. The number of allylic oxidation sites excluding steroid dienone is 2. The summed E-state index contributed by atoms with van der Waals surface area (Å²) >= 11 is 0. The number of carbonyl (C=O) groups excluding carboxylic acids is 1. The highest BCUT2D eigenvalue weighted by atomic mass is 16.5. The molecule has 0 aliphatic rings. The monoisotopic (exact) mass is 180 g/mol. The Labute approximate surface area is 79.6 Å². The van der Waals surface area contributed by atoms with Crippen molar-refractivity contribution in [3.63, 3.8) is 0 Å². The van der Waals surface area contributed by atoms with Crippen LogP contribution in [0.25, 0.3) is 0 Å². The van der Waals surface area contributed by atoms with Crippen LogP contribution in [0.2, 0.25) is 0 Å². The molecule has 0 radical (unpaired) electrons. The minimum atomic E-state index is -0.332. The van der Waals surface area contributed by atoms with E-state index in [9.17, 15) is 4.79 Å². The maximum atomic E-state index is 10.8. The molecule has 0 unspecified atom stereocenters. The van der Waals surface area contributed by atoms with Crippen molar-refractivity contribution in [3.8, 4) is 0 Å². The van der Waals surface area contributed by atoms with Gasteiger partial charge in [0, 0.05) is 11.5 Å². The summed E-state index contributed by atoms with van der Waals surface area (Å²) in [7, 11) is 1.36. The zero-order chi connectivity index (χ0) is 10.3. The number of esters is 1. The molecule has 0 N–H and O–H groups in total. The van der Waals surface area contributed by atoms with Crippen molar-refractivity contribution in [2.24, 2.45) is 5.41 Å². The number of hydrogen-bond acceptors (Lipinski definition) is 2. The second kappa shape index (κ2) is 5.39. The number of carbonyl (C=O) groups is 1. The highest BCUT2D eigenvalue weighted by molar-refractivity contribution is 5.81. The van der Waals surface area contributed by atoms with E-state index in [4.69, 9.17) is 0 Å². The van der Waals surface area contributed by atoms with Gasteiger partial charge in [-0.3, -0.25) is 0 Å². The Morgan fingerprint density at radius 2 is 2.08 bits per heavy atom. The zero-order valence-corrected chi connectivity index (χ0v) is 8.63. The third-order valence-electron chi connectivity index (χ3n) is 1.47. The van der Waals surface area contributed by atoms with Gasteiger partial charge < -0.3 is 4.74 Å². The van der Waals surface area contributed by atoms with Gasteiger partial charge in [-0.25, -0.2) is 4.79 Å². The quantitative estimate of drug-likeness (QED) is 0.379. The molecule has 0 bridgehead atoms. The van der Waals surface area contributed by atoms with Gasteiger partial charge in [-0.2, -0.15) is 0 Å². The molecular formula is C11H16O2. The predicted octanol–water partition coefficient (Wildman–Crippen LogP) is 2.47. The van der Waals surface area contributed by atoms with Crippen LogP contribution in [0.4, 0.5) is 0 Å². The Balaban J connectivity index is 4.41. The standard InChI is InChI=1S/C11H16O2/c1-5-6-8-11(2,3)9-7-10(12)13-4/h5,7-9H,1-4H3/b9-7+. The number of rotatable bonds is 3. The van der Waals surface area contributed by atoms with Crippen LogP contribution in [0.1, 0.15) is 20.8 Å². The van der Waals surface area contributed by atoms with Crippen LogP contribution in [0.15, 0.2) is 30.0 Å². The van der Waals surface area contributed by atoms with E-state index in [0.717, 1.165) is 0 Å². The Bertz CT molecular complexity index is 253. The zero-order valence-electron chi connectivity index (χ0n) is 8.63. The molecule has 0 rings (SSSR count). The molecule has 0 spiro atoms. The molecule has 2 heteroatoms. The summed E-state index contributed by atoms with van der Waals surface area (Å²) in [5.74, 6) is -0.332. The molecule has 0 fully saturated rings. The fourth-order valence-corrected chi connectivity index (χ4v) is 0.697. The third-order valence-corrected chi connectivity index (χ3v) is 1.47. The summed E-state index contributed by atoms with van der Waals surface area (Å²) in [4.78, 5) is 10.8. The maximum Gasteiger partial charge on any atom is 0.330 e. The van der Waals surface area contributed by atoms with E-state index >= 15 is 0 Å². The molecule has 0 aliphatic heterocycles. The maximum absolute atomic E-state index is 10.8. The highest BCUT2D eigenvalue weighted by Crippen LogP contribution is 2.17. The van der Waals surface area contributed by atoms with E-state index in [-0.39, 0.29) is 11.4 Å². The van der Waals surface area contributed by atoms with Crippen molar-refractivity contribution in [1.82, 2.24) is 0 Å². The summed E-state index contributed by atoms with van der Waals surface area (Å²) in [6.07, 6.45) is 6.93. The summed E-state index contributed by atoms with van der Waals surface area (Å²) in [6, 6.07) is 0. The van der Waals surface area contributed by atoms with E-state index in [1.807, 2.05) is 32.9 Å². The van der Waals surface area contributed by atoms with Crippen molar-refractivity contribution < 1.29 is 9.53 Å². The molecule has 0 aliphatic carbocycles. The van der Waals surface area contributed by atoms with Gasteiger partial charge in [0.15, 0.2) is 0 Å². The fourth-order valence-electron chi connectivity index (χ4n) is 0.697. The van der Waals surface area contributed by atoms with Crippen LogP contribution in [0.5, 0.6) is 0 Å². The van der Waals surface area contributed by atoms with Crippen molar-refractivity contribution in [2.75, 3.05) is 7.11 Å². The average molecular weight is 180 g/mol. The molecule has 0 amide bonds. The van der Waals surface area contributed by atoms with E-state index in [1.165, 1.54) is 13.2 Å². The largest absolute Gasteiger partial charge is 0.466 e. The lowest BCUT2D eigenvalue weighted by Gasteiger charge is -2.11. The molecule has 0 aromatic rings. The fraction of sp³-hybridized carbons (Fsp3) is 0.455. The Morgan fingerprint density at radius 1 is 1.46 bits per heavy atom. The molecule has 0 aromatic heterocycles. The number of ether oxygens (including phenoxy) is 1. The van der Waals surface area contributed by atoms with Gasteiger partial charge in [-0.15, -0.1) is 5.73 Å². The Kier molecular flexibility index (Phi) is 4.86. The first-order valence-electron chi connectivity index (χ1n) is 4.17. The predicted molar refractivity (Wildman–Crippen MR) is 53.3 cm³/mol. The highest BCUT2D eigenvalue weighted by Gasteiger charge is 2.08. The Morgan fingerprint density at radius 3 is 2.54 bits per heavy atom. The summed E-state index contributed by atoms with van der Waals surface area (Å²) in [5, 5.41) is 0. The molecule has 2 nitrogen and oxygen atoms in total. The van der Waals surface area contributed by atoms with Gasteiger partial charge in [-0.1, -0.05) is 19.9 Å². The van der Waals surface area contributed by atoms with E-state index in [0.29, 0.717) is 0 Å². The van der Waals surface area contributed by atoms with Crippen molar-refractivity contribution in [2.45, 2.75) is 20.8 Å². The normalized spacial score (nSPS) is 10.8. The van der Waals surface area contributed by atoms with Crippen molar-refractivity contribution in [1.29, 1.82) is 0 Å². The van der Waals surface area contributed by atoms with Gasteiger partial charge in [0.05, 0.1) is 7.11 Å². The van der Waals surface area contributed by atoms with Crippen LogP contribution in [0.3, 0.4) is 0 Å². The summed E-state index contributed by atoms with van der Waals surface area (Å²) in [6.45, 7) is 5.88. The minimum Gasteiger partial charge on any atom is -0.466 e. The molecule has 72 valence electrons. The van der Waals surface area contributed by atoms with Crippen LogP contribution >= 0.6 is 0 Å². The van der Waals surface area contributed by atoms with Crippen LogP contribution in [-0.4, -0.2) is 13.1 Å². The second-order valence-electron chi connectivity index (χ2n) is 3.28. The van der Waals surface area contributed by atoms with Gasteiger partial charge in [0.25, 0.3) is 0 Å². The molecule has 0 saturated carbocycles. The lowest BCUT2D eigenvalue weighted by molar-refractivity contribution is -0.134. The van der Waals surface area contributed by atoms with Gasteiger partial charge in [0.1, 0.15) is 0 Å². The third kappa shape index (κ3) is 5.94. The Hall–Kier alpha value is -1.27. The summed E-state index contributed by atoms with van der Waals surface area (Å²) in [5.41, 5.74) is 2.81. The van der Waals surface area contributed by atoms with Crippen LogP contribution < -0.4 is 0 Å². The molecule has 0 heterocycles. The lowest BCUT2D eigenvalue weighted by atomic mass is 9.93. The molecule has 0 atom stereocenters. The smallest absolute Gasteiger partial charge is 0.330 e. The van der Waals surface area contributed by atoms with Gasteiger partial charge >= 0.3 is 5.97 Å². The molecular weight excluding hydrogens is 164 g/mol. The van der Waals surface area contributed by atoms with E-state index in [2.05, 4.69) is 10.5 Å². The average Bonchev–Trinajstić information content (AvgIpc) is 2.11. The van der Waals surface area contributed by atoms with Gasteiger partial charge in [-0.05, 0) is 19.1 Å². The van der Waals surface area contributed by atoms with Crippen molar-refractivity contribution in [3.05, 3.63) is 30.0 Å². The molecule has 13 heavy (non-hydrogen) atoms. The minimum absolute atomic E-state index is 0.166. The van der Waals surface area contributed by atoms with Crippen LogP contribution in [0, 0.1) is 5.41 Å². The topological polar surface area (TPSA) is 26.3 Å². The number of hydrogen-bond donors (Lipinski definition) is 0. The van der Waals surface area contributed by atoms with Gasteiger partial charge in [0.2, 0.25) is 0 Å². The number of methoxy groups -OCH3 is 1. The SMILES string of the molecule is CC=C=CC(C)(C)/C=C/C(=O)OC. The molecule has 0 saturated heterocycles. The van der Waals surface area contributed by atoms with E-state index in [1.54, 1.807) is 6.08 Å². The van der Waals surface area contributed by atoms with E-state index < -0.39 is 0 Å². The first-order valence-corrected chi connectivity index (χ1v) is 4.17. The van der Waals surface area contributed by atoms with Crippen LogP contribution in [-0.2, 0) is 9.53 Å².